The van der Waals surface area contributed by atoms with Gasteiger partial charge in [0.1, 0.15) is 0 Å². The minimum absolute atomic E-state index is 0.00559. The fraction of sp³-hybridized carbons (Fsp3) is 1.00. The first-order valence-corrected chi connectivity index (χ1v) is 5.43. The van der Waals surface area contributed by atoms with E-state index in [4.69, 9.17) is 27.0 Å². The summed E-state index contributed by atoms with van der Waals surface area (Å²) in [6.07, 6.45) is -1.31. The number of aliphatic hydroxyl groups is 2. The quantitative estimate of drug-likeness (QED) is 0.200. The molecule has 98 valence electrons. The third-order valence-electron chi connectivity index (χ3n) is 2.23. The number of rotatable bonds is 10. The molecule has 0 aromatic carbocycles. The van der Waals surface area contributed by atoms with Crippen LogP contribution in [-0.2, 0) is 4.74 Å². The van der Waals surface area contributed by atoms with Gasteiger partial charge >= 0.3 is 0 Å². The summed E-state index contributed by atoms with van der Waals surface area (Å²) in [4.78, 5) is 1.81. The Morgan fingerprint density at radius 2 is 1.88 bits per heavy atom. The van der Waals surface area contributed by atoms with E-state index in [-0.39, 0.29) is 13.2 Å². The lowest BCUT2D eigenvalue weighted by Gasteiger charge is -2.31. The molecule has 2 unspecified atom stereocenters. The molecule has 0 rings (SSSR count). The van der Waals surface area contributed by atoms with Crippen molar-refractivity contribution in [3.05, 3.63) is 0 Å². The molecule has 0 aliphatic carbocycles. The highest BCUT2D eigenvalue weighted by atomic mass is 16.5. The Kier molecular flexibility index (Phi) is 9.74. The predicted octanol–water partition coefficient (Wildman–Crippen LogP) is -3.14. The Bertz CT molecular complexity index is 162. The lowest BCUT2D eigenvalue weighted by molar-refractivity contribution is 0.0271. The van der Waals surface area contributed by atoms with Gasteiger partial charge in [-0.2, -0.15) is 0 Å². The van der Waals surface area contributed by atoms with Gasteiger partial charge in [0.25, 0.3) is 0 Å². The van der Waals surface area contributed by atoms with Crippen molar-refractivity contribution >= 4 is 0 Å². The van der Waals surface area contributed by atoms with Crippen LogP contribution in [0.3, 0.4) is 0 Å². The van der Waals surface area contributed by atoms with E-state index in [0.717, 1.165) is 0 Å². The van der Waals surface area contributed by atoms with E-state index < -0.39 is 12.3 Å². The fourth-order valence-electron chi connectivity index (χ4n) is 1.31. The summed E-state index contributed by atoms with van der Waals surface area (Å²) >= 11 is 0. The number of nitrogens with two attached hydrogens (primary N) is 3. The molecule has 0 fully saturated rings. The lowest BCUT2D eigenvalue weighted by atomic mass is 10.2. The van der Waals surface area contributed by atoms with E-state index in [1.54, 1.807) is 0 Å². The van der Waals surface area contributed by atoms with Crippen molar-refractivity contribution in [3.63, 3.8) is 0 Å². The van der Waals surface area contributed by atoms with Gasteiger partial charge in [-0.3, -0.25) is 4.90 Å². The number of aliphatic hydroxyl groups excluding tert-OH is 2. The molecule has 0 aromatic rings. The van der Waals surface area contributed by atoms with E-state index in [2.05, 4.69) is 0 Å². The van der Waals surface area contributed by atoms with Crippen LogP contribution in [0.1, 0.15) is 0 Å². The molecule has 0 aromatic heterocycles. The first-order chi connectivity index (χ1) is 7.67. The van der Waals surface area contributed by atoms with Gasteiger partial charge in [-0.1, -0.05) is 0 Å². The molecule has 16 heavy (non-hydrogen) atoms. The summed E-state index contributed by atoms with van der Waals surface area (Å²) in [7, 11) is 0. The normalized spacial score (nSPS) is 15.4. The van der Waals surface area contributed by atoms with Gasteiger partial charge in [-0.05, 0) is 0 Å². The van der Waals surface area contributed by atoms with Crippen LogP contribution in [-0.4, -0.2) is 73.4 Å². The Morgan fingerprint density at radius 3 is 2.38 bits per heavy atom. The predicted molar refractivity (Wildman–Crippen MR) is 61.6 cm³/mol. The maximum Gasteiger partial charge on any atom is 0.0946 e. The van der Waals surface area contributed by atoms with E-state index >= 15 is 0 Å². The van der Waals surface area contributed by atoms with Crippen LogP contribution in [0.25, 0.3) is 0 Å². The average Bonchev–Trinajstić information content (AvgIpc) is 2.31. The van der Waals surface area contributed by atoms with Gasteiger partial charge in [0.2, 0.25) is 0 Å². The molecule has 2 atom stereocenters. The van der Waals surface area contributed by atoms with Crippen molar-refractivity contribution in [2.24, 2.45) is 17.2 Å². The van der Waals surface area contributed by atoms with Crippen molar-refractivity contribution in [1.82, 2.24) is 4.90 Å². The molecule has 0 heterocycles. The van der Waals surface area contributed by atoms with Crippen molar-refractivity contribution in [3.8, 4) is 0 Å². The van der Waals surface area contributed by atoms with Crippen LogP contribution < -0.4 is 17.2 Å². The SMILES string of the molecule is NCCN(CCOCCO)C(N)C(O)CN. The Hall–Kier alpha value is -0.280. The van der Waals surface area contributed by atoms with Crippen molar-refractivity contribution < 1.29 is 14.9 Å². The molecule has 0 aliphatic rings. The second-order valence-corrected chi connectivity index (χ2v) is 3.45. The molecule has 0 spiro atoms. The third kappa shape index (κ3) is 6.33. The van der Waals surface area contributed by atoms with Crippen molar-refractivity contribution in [1.29, 1.82) is 0 Å². The molecule has 0 saturated carbocycles. The van der Waals surface area contributed by atoms with Crippen LogP contribution in [0.15, 0.2) is 0 Å². The zero-order valence-electron chi connectivity index (χ0n) is 9.59. The summed E-state index contributed by atoms with van der Waals surface area (Å²) in [5.41, 5.74) is 16.6. The molecule has 8 N–H and O–H groups in total. The van der Waals surface area contributed by atoms with E-state index in [9.17, 15) is 5.11 Å². The minimum Gasteiger partial charge on any atom is -0.394 e. The first-order valence-electron chi connectivity index (χ1n) is 5.43. The second kappa shape index (κ2) is 9.91. The summed E-state index contributed by atoms with van der Waals surface area (Å²) < 4.78 is 5.12. The summed E-state index contributed by atoms with van der Waals surface area (Å²) in [5.74, 6) is 0. The standard InChI is InChI=1S/C9H24N4O3/c10-1-2-13(3-5-16-6-4-14)9(12)8(15)7-11/h8-9,14-15H,1-7,10-12H2. The van der Waals surface area contributed by atoms with E-state index in [1.807, 2.05) is 4.90 Å². The molecular weight excluding hydrogens is 212 g/mol. The summed E-state index contributed by atoms with van der Waals surface area (Å²) in [6, 6.07) is 0. The van der Waals surface area contributed by atoms with Gasteiger partial charge in [0.15, 0.2) is 0 Å². The Labute approximate surface area is 96.1 Å². The average molecular weight is 236 g/mol. The molecule has 0 saturated heterocycles. The van der Waals surface area contributed by atoms with Crippen LogP contribution in [0.4, 0.5) is 0 Å². The molecule has 0 amide bonds. The van der Waals surface area contributed by atoms with Crippen LogP contribution in [0.5, 0.6) is 0 Å². The van der Waals surface area contributed by atoms with Gasteiger partial charge in [-0.15, -0.1) is 0 Å². The van der Waals surface area contributed by atoms with Crippen molar-refractivity contribution in [2.45, 2.75) is 12.3 Å². The highest BCUT2D eigenvalue weighted by molar-refractivity contribution is 4.74. The van der Waals surface area contributed by atoms with Crippen LogP contribution in [0.2, 0.25) is 0 Å². The van der Waals surface area contributed by atoms with Crippen molar-refractivity contribution in [2.75, 3.05) is 46.0 Å². The largest absolute Gasteiger partial charge is 0.394 e. The van der Waals surface area contributed by atoms with Gasteiger partial charge < -0.3 is 32.2 Å². The number of hydrogen-bond donors (Lipinski definition) is 5. The molecule has 7 heteroatoms. The number of hydrogen-bond acceptors (Lipinski definition) is 7. The van der Waals surface area contributed by atoms with Gasteiger partial charge in [0.05, 0.1) is 32.1 Å². The molecule has 0 aliphatic heterocycles. The smallest absolute Gasteiger partial charge is 0.0946 e. The Morgan fingerprint density at radius 1 is 1.19 bits per heavy atom. The molecule has 7 nitrogen and oxygen atoms in total. The highest BCUT2D eigenvalue weighted by Crippen LogP contribution is 1.98. The first kappa shape index (κ1) is 15.7. The maximum absolute atomic E-state index is 9.51. The Balaban J connectivity index is 3.94. The highest BCUT2D eigenvalue weighted by Gasteiger charge is 2.20. The topological polar surface area (TPSA) is 131 Å². The van der Waals surface area contributed by atoms with Crippen LogP contribution in [0, 0.1) is 0 Å². The maximum atomic E-state index is 9.51. The lowest BCUT2D eigenvalue weighted by Crippen LogP contribution is -2.54. The van der Waals surface area contributed by atoms with Crippen LogP contribution >= 0.6 is 0 Å². The van der Waals surface area contributed by atoms with Gasteiger partial charge in [0, 0.05) is 26.2 Å². The minimum atomic E-state index is -0.774. The second-order valence-electron chi connectivity index (χ2n) is 3.45. The monoisotopic (exact) mass is 236 g/mol. The molecular formula is C9H24N4O3. The van der Waals surface area contributed by atoms with E-state index in [0.29, 0.717) is 32.8 Å². The molecule has 0 bridgehead atoms. The van der Waals surface area contributed by atoms with E-state index in [1.165, 1.54) is 0 Å². The fourth-order valence-corrected chi connectivity index (χ4v) is 1.31. The summed E-state index contributed by atoms with van der Waals surface area (Å²) in [5, 5.41) is 18.0. The van der Waals surface area contributed by atoms with Gasteiger partial charge in [-0.25, -0.2) is 0 Å². The third-order valence-corrected chi connectivity index (χ3v) is 2.23. The summed E-state index contributed by atoms with van der Waals surface area (Å²) in [6.45, 7) is 2.41. The zero-order chi connectivity index (χ0) is 12.4. The molecule has 0 radical (unpaired) electrons. The zero-order valence-corrected chi connectivity index (χ0v) is 9.59. The number of nitrogens with zero attached hydrogens (tertiary/aromatic N) is 1. The number of ether oxygens (including phenoxy) is 1.